The van der Waals surface area contributed by atoms with Crippen LogP contribution in [0.15, 0.2) is 0 Å². The molecule has 0 aromatic rings. The largest absolute Gasteiger partial charge is 0.343 e. The van der Waals surface area contributed by atoms with Crippen LogP contribution >= 0.6 is 0 Å². The van der Waals surface area contributed by atoms with Gasteiger partial charge in [-0.15, -0.1) is 0 Å². The minimum Gasteiger partial charge on any atom is -0.343 e. The van der Waals surface area contributed by atoms with E-state index >= 15 is 0 Å². The summed E-state index contributed by atoms with van der Waals surface area (Å²) >= 11 is 0. The fourth-order valence-electron chi connectivity index (χ4n) is 2.70. The van der Waals surface area contributed by atoms with Crippen molar-refractivity contribution < 1.29 is 9.59 Å². The Hall–Kier alpha value is -1.06. The number of hydrogen-bond acceptors (Lipinski definition) is 2. The van der Waals surface area contributed by atoms with Gasteiger partial charge in [-0.05, 0) is 24.7 Å². The van der Waals surface area contributed by atoms with Gasteiger partial charge in [-0.2, -0.15) is 0 Å². The van der Waals surface area contributed by atoms with Crippen LogP contribution in [-0.4, -0.2) is 35.3 Å². The normalized spacial score (nSPS) is 32.9. The molecule has 0 spiro atoms. The van der Waals surface area contributed by atoms with Crippen molar-refractivity contribution >= 4 is 11.8 Å². The minimum atomic E-state index is -0.297. The topological polar surface area (TPSA) is 49.4 Å². The zero-order chi connectivity index (χ0) is 12.6. The van der Waals surface area contributed by atoms with Gasteiger partial charge in [0.05, 0.1) is 6.54 Å². The number of carbonyl (C=O) groups excluding carboxylic acids is 2. The lowest BCUT2D eigenvalue weighted by atomic mass is 10.0. The van der Waals surface area contributed by atoms with E-state index in [0.717, 1.165) is 19.3 Å². The maximum Gasteiger partial charge on any atom is 0.245 e. The molecule has 1 aliphatic heterocycles. The third-order valence-corrected chi connectivity index (χ3v) is 3.75. The van der Waals surface area contributed by atoms with E-state index in [4.69, 9.17) is 0 Å². The van der Waals surface area contributed by atoms with Crippen molar-refractivity contribution in [2.75, 3.05) is 6.54 Å². The molecule has 3 unspecified atom stereocenters. The molecule has 2 rings (SSSR count). The molecule has 4 nitrogen and oxygen atoms in total. The number of rotatable bonds is 4. The predicted molar refractivity (Wildman–Crippen MR) is 65.3 cm³/mol. The van der Waals surface area contributed by atoms with Crippen molar-refractivity contribution in [3.05, 3.63) is 0 Å². The van der Waals surface area contributed by atoms with Crippen LogP contribution in [0.1, 0.15) is 40.0 Å². The van der Waals surface area contributed by atoms with Crippen LogP contribution < -0.4 is 5.32 Å². The Morgan fingerprint density at radius 1 is 1.41 bits per heavy atom. The zero-order valence-electron chi connectivity index (χ0n) is 10.9. The average molecular weight is 238 g/mol. The van der Waals surface area contributed by atoms with Crippen molar-refractivity contribution in [1.82, 2.24) is 10.2 Å². The molecular weight excluding hydrogens is 216 g/mol. The van der Waals surface area contributed by atoms with E-state index in [9.17, 15) is 9.59 Å². The molecule has 0 bridgehead atoms. The summed E-state index contributed by atoms with van der Waals surface area (Å²) in [6.45, 7) is 6.55. The molecule has 1 N–H and O–H groups in total. The van der Waals surface area contributed by atoms with E-state index in [1.165, 1.54) is 0 Å². The van der Waals surface area contributed by atoms with Gasteiger partial charge in [0.1, 0.15) is 6.04 Å². The standard InChI is InChI=1S/C13H22N2O2/c1-4-9-6-11(9)15-7-12(16)14-10(13(15)17)5-8(2)3/h8-11H,4-7H2,1-3H3,(H,14,16). The Labute approximate surface area is 103 Å². The van der Waals surface area contributed by atoms with Crippen LogP contribution in [0.2, 0.25) is 0 Å². The summed E-state index contributed by atoms with van der Waals surface area (Å²) in [6.07, 6.45) is 2.92. The van der Waals surface area contributed by atoms with Crippen molar-refractivity contribution in [3.63, 3.8) is 0 Å². The van der Waals surface area contributed by atoms with Gasteiger partial charge >= 0.3 is 0 Å². The predicted octanol–water partition coefficient (Wildman–Crippen LogP) is 1.16. The Bertz CT molecular complexity index is 327. The first-order valence-corrected chi connectivity index (χ1v) is 6.62. The molecule has 2 fully saturated rings. The van der Waals surface area contributed by atoms with E-state index in [-0.39, 0.29) is 24.4 Å². The molecular formula is C13H22N2O2. The smallest absolute Gasteiger partial charge is 0.245 e. The highest BCUT2D eigenvalue weighted by molar-refractivity contribution is 5.95. The third-order valence-electron chi connectivity index (χ3n) is 3.75. The van der Waals surface area contributed by atoms with Crippen molar-refractivity contribution in [1.29, 1.82) is 0 Å². The van der Waals surface area contributed by atoms with E-state index < -0.39 is 0 Å². The zero-order valence-corrected chi connectivity index (χ0v) is 10.9. The van der Waals surface area contributed by atoms with Crippen molar-refractivity contribution in [2.24, 2.45) is 11.8 Å². The van der Waals surface area contributed by atoms with Gasteiger partial charge in [-0.25, -0.2) is 0 Å². The number of piperazine rings is 1. The quantitative estimate of drug-likeness (QED) is 0.799. The monoisotopic (exact) mass is 238 g/mol. The lowest BCUT2D eigenvalue weighted by molar-refractivity contribution is -0.145. The van der Waals surface area contributed by atoms with E-state index in [1.54, 1.807) is 4.90 Å². The third kappa shape index (κ3) is 2.61. The average Bonchev–Trinajstić information content (AvgIpc) is 3.01. The number of carbonyl (C=O) groups is 2. The van der Waals surface area contributed by atoms with Crippen molar-refractivity contribution in [3.8, 4) is 0 Å². The molecule has 1 saturated heterocycles. The molecule has 2 amide bonds. The number of nitrogens with one attached hydrogen (secondary N) is 1. The highest BCUT2D eigenvalue weighted by Crippen LogP contribution is 2.39. The van der Waals surface area contributed by atoms with Gasteiger partial charge in [-0.1, -0.05) is 27.2 Å². The molecule has 96 valence electrons. The van der Waals surface area contributed by atoms with Crippen LogP contribution in [0.25, 0.3) is 0 Å². The molecule has 1 saturated carbocycles. The fourth-order valence-corrected chi connectivity index (χ4v) is 2.70. The molecule has 2 aliphatic rings. The maximum absolute atomic E-state index is 12.3. The Morgan fingerprint density at radius 2 is 2.12 bits per heavy atom. The van der Waals surface area contributed by atoms with Gasteiger partial charge in [0.25, 0.3) is 0 Å². The first-order chi connectivity index (χ1) is 8.02. The summed E-state index contributed by atoms with van der Waals surface area (Å²) in [4.78, 5) is 25.7. The lowest BCUT2D eigenvalue weighted by Crippen LogP contribution is -2.59. The molecule has 0 radical (unpaired) electrons. The van der Waals surface area contributed by atoms with Crippen LogP contribution in [0.5, 0.6) is 0 Å². The van der Waals surface area contributed by atoms with Gasteiger partial charge < -0.3 is 10.2 Å². The summed E-state index contributed by atoms with van der Waals surface area (Å²) in [6, 6.07) is 0.0302. The molecule has 0 aromatic carbocycles. The maximum atomic E-state index is 12.3. The summed E-state index contributed by atoms with van der Waals surface area (Å²) in [5.74, 6) is 1.16. The molecule has 17 heavy (non-hydrogen) atoms. The van der Waals surface area contributed by atoms with Crippen LogP contribution in [-0.2, 0) is 9.59 Å². The SMILES string of the molecule is CCC1CC1N1CC(=O)NC(CC(C)C)C1=O. The lowest BCUT2D eigenvalue weighted by Gasteiger charge is -2.33. The summed E-state index contributed by atoms with van der Waals surface area (Å²) in [5, 5.41) is 2.81. The van der Waals surface area contributed by atoms with Gasteiger partial charge in [-0.3, -0.25) is 9.59 Å². The van der Waals surface area contributed by atoms with E-state index in [1.807, 2.05) is 0 Å². The molecule has 0 aromatic heterocycles. The highest BCUT2D eigenvalue weighted by Gasteiger charge is 2.46. The summed E-state index contributed by atoms with van der Waals surface area (Å²) in [7, 11) is 0. The molecule has 1 heterocycles. The first kappa shape index (κ1) is 12.4. The van der Waals surface area contributed by atoms with E-state index in [0.29, 0.717) is 17.9 Å². The van der Waals surface area contributed by atoms with Crippen LogP contribution in [0.4, 0.5) is 0 Å². The number of amides is 2. The summed E-state index contributed by atoms with van der Waals surface area (Å²) < 4.78 is 0. The van der Waals surface area contributed by atoms with Crippen LogP contribution in [0.3, 0.4) is 0 Å². The minimum absolute atomic E-state index is 0.00277. The first-order valence-electron chi connectivity index (χ1n) is 6.62. The fraction of sp³-hybridized carbons (Fsp3) is 0.846. The molecule has 3 atom stereocenters. The van der Waals surface area contributed by atoms with Gasteiger partial charge in [0.2, 0.25) is 11.8 Å². The van der Waals surface area contributed by atoms with Gasteiger partial charge in [0.15, 0.2) is 0 Å². The highest BCUT2D eigenvalue weighted by atomic mass is 16.2. The van der Waals surface area contributed by atoms with Gasteiger partial charge in [0, 0.05) is 6.04 Å². The Kier molecular flexibility index (Phi) is 3.40. The van der Waals surface area contributed by atoms with Crippen molar-refractivity contribution in [2.45, 2.75) is 52.1 Å². The number of hydrogen-bond donors (Lipinski definition) is 1. The molecule has 4 heteroatoms. The summed E-state index contributed by atoms with van der Waals surface area (Å²) in [5.41, 5.74) is 0. The molecule has 1 aliphatic carbocycles. The Morgan fingerprint density at radius 3 is 2.65 bits per heavy atom. The van der Waals surface area contributed by atoms with Crippen LogP contribution in [0, 0.1) is 11.8 Å². The second-order valence-electron chi connectivity index (χ2n) is 5.69. The Balaban J connectivity index is 2.02. The second-order valence-corrected chi connectivity index (χ2v) is 5.69. The number of nitrogens with zero attached hydrogens (tertiary/aromatic N) is 1. The van der Waals surface area contributed by atoms with E-state index in [2.05, 4.69) is 26.1 Å². The second kappa shape index (κ2) is 4.67.